The van der Waals surface area contributed by atoms with Crippen LogP contribution in [0.25, 0.3) is 0 Å². The van der Waals surface area contributed by atoms with E-state index < -0.39 is 23.7 Å². The van der Waals surface area contributed by atoms with E-state index in [4.69, 9.17) is 0 Å². The standard InChI is InChI=1S/C15H16F2N2O2/c1-2-11-14(20)18-7-3-4-12(18)15(21)19(11)13-8-9(16)5-6-10(13)17/h5-6,8,11-12H,2-4,7H2,1H3. The fraction of sp³-hybridized carbons (Fsp3) is 0.467. The monoisotopic (exact) mass is 294 g/mol. The molecule has 2 heterocycles. The molecular weight excluding hydrogens is 278 g/mol. The first-order valence-corrected chi connectivity index (χ1v) is 7.13. The minimum Gasteiger partial charge on any atom is -0.329 e. The third kappa shape index (κ3) is 2.09. The van der Waals surface area contributed by atoms with E-state index in [0.717, 1.165) is 29.5 Å². The summed E-state index contributed by atoms with van der Waals surface area (Å²) in [6.45, 7) is 2.32. The zero-order chi connectivity index (χ0) is 15.1. The van der Waals surface area contributed by atoms with Gasteiger partial charge in [-0.3, -0.25) is 14.5 Å². The number of anilines is 1. The lowest BCUT2D eigenvalue weighted by Crippen LogP contribution is -2.63. The number of piperazine rings is 1. The third-order valence-corrected chi connectivity index (χ3v) is 4.21. The molecule has 2 amide bonds. The van der Waals surface area contributed by atoms with E-state index in [-0.39, 0.29) is 17.5 Å². The van der Waals surface area contributed by atoms with Crippen molar-refractivity contribution in [2.45, 2.75) is 38.3 Å². The molecule has 6 heteroatoms. The van der Waals surface area contributed by atoms with E-state index in [0.29, 0.717) is 19.4 Å². The van der Waals surface area contributed by atoms with Crippen LogP contribution in [0, 0.1) is 11.6 Å². The molecule has 0 aromatic heterocycles. The molecule has 2 saturated heterocycles. The average molecular weight is 294 g/mol. The molecule has 0 spiro atoms. The molecule has 2 atom stereocenters. The van der Waals surface area contributed by atoms with Crippen LogP contribution in [0.1, 0.15) is 26.2 Å². The Morgan fingerprint density at radius 1 is 1.24 bits per heavy atom. The van der Waals surface area contributed by atoms with Crippen molar-refractivity contribution in [3.05, 3.63) is 29.8 Å². The Balaban J connectivity index is 2.08. The molecule has 2 fully saturated rings. The zero-order valence-corrected chi connectivity index (χ0v) is 11.7. The molecule has 1 aromatic carbocycles. The lowest BCUT2D eigenvalue weighted by atomic mass is 10.0. The highest BCUT2D eigenvalue weighted by Gasteiger charge is 2.48. The molecule has 112 valence electrons. The maximum atomic E-state index is 14.0. The fourth-order valence-electron chi connectivity index (χ4n) is 3.22. The van der Waals surface area contributed by atoms with Gasteiger partial charge in [-0.05, 0) is 31.4 Å². The van der Waals surface area contributed by atoms with E-state index in [1.165, 1.54) is 0 Å². The van der Waals surface area contributed by atoms with E-state index in [1.54, 1.807) is 11.8 Å². The predicted octanol–water partition coefficient (Wildman–Crippen LogP) is 2.08. The maximum absolute atomic E-state index is 14.0. The van der Waals surface area contributed by atoms with Crippen molar-refractivity contribution in [1.82, 2.24) is 4.90 Å². The second-order valence-corrected chi connectivity index (χ2v) is 5.42. The highest BCUT2D eigenvalue weighted by molar-refractivity contribution is 6.08. The minimum absolute atomic E-state index is 0.147. The van der Waals surface area contributed by atoms with Gasteiger partial charge in [0.1, 0.15) is 23.7 Å². The molecule has 21 heavy (non-hydrogen) atoms. The first-order valence-electron chi connectivity index (χ1n) is 7.13. The van der Waals surface area contributed by atoms with Crippen LogP contribution in [-0.4, -0.2) is 35.3 Å². The number of hydrogen-bond donors (Lipinski definition) is 0. The Morgan fingerprint density at radius 3 is 2.71 bits per heavy atom. The maximum Gasteiger partial charge on any atom is 0.250 e. The fourth-order valence-corrected chi connectivity index (χ4v) is 3.22. The number of halogens is 2. The first-order chi connectivity index (χ1) is 10.0. The number of rotatable bonds is 2. The van der Waals surface area contributed by atoms with Crippen molar-refractivity contribution in [3.63, 3.8) is 0 Å². The number of amides is 2. The van der Waals surface area contributed by atoms with Gasteiger partial charge in [0, 0.05) is 12.6 Å². The Hall–Kier alpha value is -1.98. The SMILES string of the molecule is CCC1C(=O)N2CCCC2C(=O)N1c1cc(F)ccc1F. The Morgan fingerprint density at radius 2 is 2.00 bits per heavy atom. The Bertz CT molecular complexity index is 605. The molecule has 2 aliphatic heterocycles. The summed E-state index contributed by atoms with van der Waals surface area (Å²) in [5, 5.41) is 0. The molecular formula is C15H16F2N2O2. The zero-order valence-electron chi connectivity index (χ0n) is 11.7. The molecule has 2 aliphatic rings. The van der Waals surface area contributed by atoms with Gasteiger partial charge < -0.3 is 4.90 Å². The van der Waals surface area contributed by atoms with E-state index in [9.17, 15) is 18.4 Å². The second-order valence-electron chi connectivity index (χ2n) is 5.42. The molecule has 0 bridgehead atoms. The van der Waals surface area contributed by atoms with E-state index >= 15 is 0 Å². The summed E-state index contributed by atoms with van der Waals surface area (Å²) in [6, 6.07) is 1.66. The number of fused-ring (bicyclic) bond motifs is 1. The van der Waals surface area contributed by atoms with Crippen molar-refractivity contribution in [1.29, 1.82) is 0 Å². The number of nitrogens with zero attached hydrogens (tertiary/aromatic N) is 2. The van der Waals surface area contributed by atoms with Crippen LogP contribution in [0.5, 0.6) is 0 Å². The number of hydrogen-bond acceptors (Lipinski definition) is 2. The summed E-state index contributed by atoms with van der Waals surface area (Å²) in [6.07, 6.45) is 1.70. The van der Waals surface area contributed by atoms with Crippen LogP contribution >= 0.6 is 0 Å². The van der Waals surface area contributed by atoms with Crippen LogP contribution < -0.4 is 4.90 Å². The largest absolute Gasteiger partial charge is 0.329 e. The molecule has 1 aromatic rings. The number of carbonyl (C=O) groups excluding carboxylic acids is 2. The molecule has 0 aliphatic carbocycles. The van der Waals surface area contributed by atoms with E-state index in [2.05, 4.69) is 0 Å². The molecule has 0 N–H and O–H groups in total. The Kier molecular flexibility index (Phi) is 3.39. The lowest BCUT2D eigenvalue weighted by molar-refractivity contribution is -0.144. The van der Waals surface area contributed by atoms with Crippen LogP contribution in [0.4, 0.5) is 14.5 Å². The average Bonchev–Trinajstić information content (AvgIpc) is 2.95. The summed E-state index contributed by atoms with van der Waals surface area (Å²) < 4.78 is 27.4. The van der Waals surface area contributed by atoms with Gasteiger partial charge in [-0.25, -0.2) is 8.78 Å². The summed E-state index contributed by atoms with van der Waals surface area (Å²) in [7, 11) is 0. The van der Waals surface area contributed by atoms with Crippen molar-refractivity contribution in [2.24, 2.45) is 0 Å². The number of carbonyl (C=O) groups is 2. The summed E-state index contributed by atoms with van der Waals surface area (Å²) in [5.41, 5.74) is -0.147. The van der Waals surface area contributed by atoms with Crippen molar-refractivity contribution in [2.75, 3.05) is 11.4 Å². The second kappa shape index (κ2) is 5.09. The smallest absolute Gasteiger partial charge is 0.250 e. The van der Waals surface area contributed by atoms with Gasteiger partial charge in [0.25, 0.3) is 5.91 Å². The van der Waals surface area contributed by atoms with Crippen LogP contribution in [-0.2, 0) is 9.59 Å². The summed E-state index contributed by atoms with van der Waals surface area (Å²) in [4.78, 5) is 27.8. The van der Waals surface area contributed by atoms with Crippen LogP contribution in [0.15, 0.2) is 18.2 Å². The number of benzene rings is 1. The van der Waals surface area contributed by atoms with Gasteiger partial charge in [0.15, 0.2) is 0 Å². The molecule has 3 rings (SSSR count). The van der Waals surface area contributed by atoms with Gasteiger partial charge in [-0.2, -0.15) is 0 Å². The first kappa shape index (κ1) is 14.0. The highest BCUT2D eigenvalue weighted by Crippen LogP contribution is 2.33. The van der Waals surface area contributed by atoms with Gasteiger partial charge >= 0.3 is 0 Å². The van der Waals surface area contributed by atoms with Crippen molar-refractivity contribution >= 4 is 17.5 Å². The van der Waals surface area contributed by atoms with Crippen LogP contribution in [0.3, 0.4) is 0 Å². The van der Waals surface area contributed by atoms with Gasteiger partial charge in [0.05, 0.1) is 5.69 Å². The van der Waals surface area contributed by atoms with Crippen molar-refractivity contribution in [3.8, 4) is 0 Å². The summed E-state index contributed by atoms with van der Waals surface area (Å²) >= 11 is 0. The lowest BCUT2D eigenvalue weighted by Gasteiger charge is -2.42. The van der Waals surface area contributed by atoms with Crippen molar-refractivity contribution < 1.29 is 18.4 Å². The predicted molar refractivity (Wildman–Crippen MR) is 72.7 cm³/mol. The normalized spacial score (nSPS) is 25.5. The quantitative estimate of drug-likeness (QED) is 0.838. The van der Waals surface area contributed by atoms with Crippen LogP contribution in [0.2, 0.25) is 0 Å². The minimum atomic E-state index is -0.761. The highest BCUT2D eigenvalue weighted by atomic mass is 19.1. The van der Waals surface area contributed by atoms with Gasteiger partial charge in [0.2, 0.25) is 5.91 Å². The molecule has 0 saturated carbocycles. The molecule has 0 radical (unpaired) electrons. The Labute approximate surface area is 121 Å². The van der Waals surface area contributed by atoms with Gasteiger partial charge in [-0.15, -0.1) is 0 Å². The summed E-state index contributed by atoms with van der Waals surface area (Å²) in [5.74, 6) is -1.82. The third-order valence-electron chi connectivity index (χ3n) is 4.21. The van der Waals surface area contributed by atoms with E-state index in [1.807, 2.05) is 0 Å². The molecule has 2 unspecified atom stereocenters. The molecule has 4 nitrogen and oxygen atoms in total. The van der Waals surface area contributed by atoms with Gasteiger partial charge in [-0.1, -0.05) is 6.92 Å². The topological polar surface area (TPSA) is 40.6 Å².